The standard InChI is InChI=1S/C14H13FO3/c1-17-11-3-5-12(6-4-11)18-14-7-2-10(9-16)8-13(14)15/h2-8,16H,9H2,1H3. The highest BCUT2D eigenvalue weighted by Crippen LogP contribution is 2.26. The molecule has 0 atom stereocenters. The number of ether oxygens (including phenoxy) is 2. The van der Waals surface area contributed by atoms with Gasteiger partial charge in [0.15, 0.2) is 11.6 Å². The van der Waals surface area contributed by atoms with E-state index in [0.717, 1.165) is 0 Å². The Hall–Kier alpha value is -2.07. The molecular weight excluding hydrogens is 235 g/mol. The second-order valence-electron chi connectivity index (χ2n) is 3.70. The minimum atomic E-state index is -0.502. The van der Waals surface area contributed by atoms with Gasteiger partial charge < -0.3 is 14.6 Å². The minimum Gasteiger partial charge on any atom is -0.497 e. The van der Waals surface area contributed by atoms with Crippen LogP contribution < -0.4 is 9.47 Å². The molecule has 0 aliphatic rings. The van der Waals surface area contributed by atoms with Gasteiger partial charge >= 0.3 is 0 Å². The van der Waals surface area contributed by atoms with Crippen molar-refractivity contribution in [2.45, 2.75) is 6.61 Å². The molecule has 0 aromatic heterocycles. The zero-order valence-electron chi connectivity index (χ0n) is 9.89. The lowest BCUT2D eigenvalue weighted by atomic mass is 10.2. The van der Waals surface area contributed by atoms with E-state index in [0.29, 0.717) is 17.1 Å². The molecule has 1 N–H and O–H groups in total. The Balaban J connectivity index is 2.17. The van der Waals surface area contributed by atoms with E-state index < -0.39 is 5.82 Å². The van der Waals surface area contributed by atoms with E-state index in [1.165, 1.54) is 12.1 Å². The van der Waals surface area contributed by atoms with Gasteiger partial charge in [-0.3, -0.25) is 0 Å². The Morgan fingerprint density at radius 2 is 1.72 bits per heavy atom. The highest BCUT2D eigenvalue weighted by atomic mass is 19.1. The summed E-state index contributed by atoms with van der Waals surface area (Å²) in [6.07, 6.45) is 0. The quantitative estimate of drug-likeness (QED) is 0.903. The molecule has 0 spiro atoms. The van der Waals surface area contributed by atoms with Gasteiger partial charge in [-0.15, -0.1) is 0 Å². The summed E-state index contributed by atoms with van der Waals surface area (Å²) in [7, 11) is 1.57. The molecule has 0 aliphatic carbocycles. The lowest BCUT2D eigenvalue weighted by Gasteiger charge is -2.08. The van der Waals surface area contributed by atoms with Crippen LogP contribution >= 0.6 is 0 Å². The number of methoxy groups -OCH3 is 1. The van der Waals surface area contributed by atoms with Crippen LogP contribution in [0.25, 0.3) is 0 Å². The third-order valence-corrected chi connectivity index (χ3v) is 2.47. The maximum atomic E-state index is 13.6. The van der Waals surface area contributed by atoms with Crippen LogP contribution in [-0.4, -0.2) is 12.2 Å². The van der Waals surface area contributed by atoms with Crippen LogP contribution in [0.3, 0.4) is 0 Å². The van der Waals surface area contributed by atoms with E-state index in [1.54, 1.807) is 37.4 Å². The van der Waals surface area contributed by atoms with Crippen molar-refractivity contribution >= 4 is 0 Å². The van der Waals surface area contributed by atoms with Gasteiger partial charge in [0.1, 0.15) is 11.5 Å². The van der Waals surface area contributed by atoms with Gasteiger partial charge in [0.25, 0.3) is 0 Å². The molecule has 0 radical (unpaired) electrons. The Morgan fingerprint density at radius 3 is 2.28 bits per heavy atom. The summed E-state index contributed by atoms with van der Waals surface area (Å²) in [5.41, 5.74) is 0.509. The van der Waals surface area contributed by atoms with Crippen LogP contribution in [0.2, 0.25) is 0 Å². The molecule has 0 saturated heterocycles. The van der Waals surface area contributed by atoms with Crippen molar-refractivity contribution in [1.82, 2.24) is 0 Å². The van der Waals surface area contributed by atoms with Crippen molar-refractivity contribution in [2.24, 2.45) is 0 Å². The average molecular weight is 248 g/mol. The number of aliphatic hydroxyl groups excluding tert-OH is 1. The van der Waals surface area contributed by atoms with E-state index in [2.05, 4.69) is 0 Å². The van der Waals surface area contributed by atoms with E-state index in [9.17, 15) is 4.39 Å². The van der Waals surface area contributed by atoms with Gasteiger partial charge in [0.2, 0.25) is 0 Å². The zero-order chi connectivity index (χ0) is 13.0. The van der Waals surface area contributed by atoms with Gasteiger partial charge in [-0.1, -0.05) is 6.07 Å². The molecule has 0 aliphatic heterocycles. The SMILES string of the molecule is COc1ccc(Oc2ccc(CO)cc2F)cc1. The van der Waals surface area contributed by atoms with Crippen LogP contribution in [-0.2, 0) is 6.61 Å². The molecular formula is C14H13FO3. The number of rotatable bonds is 4. The molecule has 2 rings (SSSR count). The maximum absolute atomic E-state index is 13.6. The summed E-state index contributed by atoms with van der Waals surface area (Å²) >= 11 is 0. The van der Waals surface area contributed by atoms with Crippen molar-refractivity contribution in [3.8, 4) is 17.2 Å². The summed E-state index contributed by atoms with van der Waals surface area (Å²) in [5.74, 6) is 0.847. The number of halogens is 1. The number of hydrogen-bond acceptors (Lipinski definition) is 3. The molecule has 94 valence electrons. The van der Waals surface area contributed by atoms with Crippen molar-refractivity contribution in [3.63, 3.8) is 0 Å². The Labute approximate surface area is 104 Å². The second kappa shape index (κ2) is 5.51. The monoisotopic (exact) mass is 248 g/mol. The van der Waals surface area contributed by atoms with Crippen LogP contribution in [0.4, 0.5) is 4.39 Å². The molecule has 0 fully saturated rings. The van der Waals surface area contributed by atoms with E-state index in [-0.39, 0.29) is 12.4 Å². The first-order valence-electron chi connectivity index (χ1n) is 5.44. The highest BCUT2D eigenvalue weighted by molar-refractivity contribution is 5.37. The van der Waals surface area contributed by atoms with Crippen molar-refractivity contribution in [2.75, 3.05) is 7.11 Å². The van der Waals surface area contributed by atoms with Crippen LogP contribution in [0.5, 0.6) is 17.2 Å². The van der Waals surface area contributed by atoms with Crippen molar-refractivity contribution in [3.05, 3.63) is 53.8 Å². The van der Waals surface area contributed by atoms with Crippen LogP contribution in [0, 0.1) is 5.82 Å². The zero-order valence-corrected chi connectivity index (χ0v) is 9.89. The van der Waals surface area contributed by atoms with Gasteiger partial charge in [-0.2, -0.15) is 0 Å². The lowest BCUT2D eigenvalue weighted by molar-refractivity contribution is 0.281. The summed E-state index contributed by atoms with van der Waals surface area (Å²) in [5, 5.41) is 8.88. The topological polar surface area (TPSA) is 38.7 Å². The number of aliphatic hydroxyl groups is 1. The molecule has 0 saturated carbocycles. The van der Waals surface area contributed by atoms with Gasteiger partial charge in [-0.05, 0) is 42.0 Å². The van der Waals surface area contributed by atoms with Gasteiger partial charge in [-0.25, -0.2) is 4.39 Å². The molecule has 0 unspecified atom stereocenters. The molecule has 0 heterocycles. The highest BCUT2D eigenvalue weighted by Gasteiger charge is 2.06. The Morgan fingerprint density at radius 1 is 1.06 bits per heavy atom. The largest absolute Gasteiger partial charge is 0.497 e. The fourth-order valence-electron chi connectivity index (χ4n) is 1.50. The molecule has 0 amide bonds. The molecule has 18 heavy (non-hydrogen) atoms. The minimum absolute atomic E-state index is 0.123. The number of hydrogen-bond donors (Lipinski definition) is 1. The summed E-state index contributed by atoms with van der Waals surface area (Å²) < 4.78 is 24.0. The first kappa shape index (κ1) is 12.4. The van der Waals surface area contributed by atoms with E-state index in [1.807, 2.05) is 0 Å². The van der Waals surface area contributed by atoms with Crippen LogP contribution in [0.1, 0.15) is 5.56 Å². The Kier molecular flexibility index (Phi) is 3.79. The third-order valence-electron chi connectivity index (χ3n) is 2.47. The van der Waals surface area contributed by atoms with Crippen molar-refractivity contribution in [1.29, 1.82) is 0 Å². The summed E-state index contributed by atoms with van der Waals surface area (Å²) in [4.78, 5) is 0. The fraction of sp³-hybridized carbons (Fsp3) is 0.143. The second-order valence-corrected chi connectivity index (χ2v) is 3.70. The van der Waals surface area contributed by atoms with Crippen molar-refractivity contribution < 1.29 is 19.0 Å². The fourth-order valence-corrected chi connectivity index (χ4v) is 1.50. The summed E-state index contributed by atoms with van der Waals surface area (Å²) in [6, 6.07) is 11.2. The predicted molar refractivity (Wildman–Crippen MR) is 65.4 cm³/mol. The first-order chi connectivity index (χ1) is 8.72. The maximum Gasteiger partial charge on any atom is 0.166 e. The lowest BCUT2D eigenvalue weighted by Crippen LogP contribution is -1.91. The molecule has 3 nitrogen and oxygen atoms in total. The first-order valence-corrected chi connectivity index (χ1v) is 5.44. The van der Waals surface area contributed by atoms with E-state index >= 15 is 0 Å². The molecule has 2 aromatic rings. The summed E-state index contributed by atoms with van der Waals surface area (Å²) in [6.45, 7) is -0.195. The van der Waals surface area contributed by atoms with Gasteiger partial charge in [0.05, 0.1) is 13.7 Å². The average Bonchev–Trinajstić information content (AvgIpc) is 2.42. The number of benzene rings is 2. The smallest absolute Gasteiger partial charge is 0.166 e. The molecule has 0 bridgehead atoms. The predicted octanol–water partition coefficient (Wildman–Crippen LogP) is 3.12. The normalized spacial score (nSPS) is 10.2. The Bertz CT molecular complexity index is 523. The third kappa shape index (κ3) is 2.78. The van der Waals surface area contributed by atoms with Crippen LogP contribution in [0.15, 0.2) is 42.5 Å². The van der Waals surface area contributed by atoms with E-state index in [4.69, 9.17) is 14.6 Å². The molecule has 2 aromatic carbocycles. The van der Waals surface area contributed by atoms with Gasteiger partial charge in [0, 0.05) is 0 Å². The molecule has 4 heteroatoms.